The van der Waals surface area contributed by atoms with E-state index in [-0.39, 0.29) is 116 Å². The van der Waals surface area contributed by atoms with E-state index in [0.717, 1.165) is 48.5 Å². The zero-order chi connectivity index (χ0) is 74.4. The Hall–Kier alpha value is -7.39. The summed E-state index contributed by atoms with van der Waals surface area (Å²) in [5.41, 5.74) is 1.10. The van der Waals surface area contributed by atoms with Gasteiger partial charge in [-0.2, -0.15) is 26.3 Å². The molecule has 2 saturated heterocycles. The summed E-state index contributed by atoms with van der Waals surface area (Å²) in [4.78, 5) is 43.5. The van der Waals surface area contributed by atoms with Crippen LogP contribution in [0, 0.1) is 10.8 Å². The van der Waals surface area contributed by atoms with Gasteiger partial charge in [0.05, 0.1) is 71.7 Å². The summed E-state index contributed by atoms with van der Waals surface area (Å²) in [6.07, 6.45) is -6.30. The summed E-state index contributed by atoms with van der Waals surface area (Å²) in [6.45, 7) is 15.0. The molecule has 4 aromatic heterocycles. The summed E-state index contributed by atoms with van der Waals surface area (Å²) >= 11 is 0. The summed E-state index contributed by atoms with van der Waals surface area (Å²) in [6, 6.07) is 7.89. The monoisotopic (exact) mass is 1450 g/mol. The van der Waals surface area contributed by atoms with E-state index in [1.54, 1.807) is 20.8 Å². The van der Waals surface area contributed by atoms with Crippen LogP contribution in [0.4, 0.5) is 64.6 Å². The molecule has 3 N–H and O–H groups in total. The number of alkyl halides is 12. The second-order valence-electron chi connectivity index (χ2n) is 30.9. The first-order valence-corrected chi connectivity index (χ1v) is 35.5. The van der Waals surface area contributed by atoms with E-state index in [9.17, 15) is 64.0 Å². The number of carbonyl (C=O) groups is 1. The van der Waals surface area contributed by atoms with Gasteiger partial charge in [-0.25, -0.2) is 51.1 Å². The highest BCUT2D eigenvalue weighted by Crippen LogP contribution is 2.55. The Morgan fingerprint density at radius 1 is 0.544 bits per heavy atom. The molecule has 4 unspecified atom stereocenters. The minimum absolute atomic E-state index is 0.000111. The average Bonchev–Trinajstić information content (AvgIpc) is 0.736. The lowest BCUT2D eigenvalue weighted by Crippen LogP contribution is -2.36. The third kappa shape index (κ3) is 18.3. The van der Waals surface area contributed by atoms with Crippen molar-refractivity contribution in [1.29, 1.82) is 0 Å². The molecule has 0 spiro atoms. The van der Waals surface area contributed by atoms with E-state index >= 15 is 8.78 Å². The number of aliphatic hydroxyl groups excluding tert-OH is 2. The van der Waals surface area contributed by atoms with E-state index < -0.39 is 83.3 Å². The summed E-state index contributed by atoms with van der Waals surface area (Å²) in [7, 11) is 0. The second kappa shape index (κ2) is 30.2. The van der Waals surface area contributed by atoms with E-state index in [0.29, 0.717) is 146 Å². The summed E-state index contributed by atoms with van der Waals surface area (Å²) < 4.78 is 189. The van der Waals surface area contributed by atoms with Crippen LogP contribution in [0.5, 0.6) is 11.5 Å². The standard InChI is InChI=1S/C38H44F6N4O4.C38H46F6N4O3/c1-4-51-29(50)21-52-26-19-45-35(46-20-26)48-15-11-24(12-16-48)34-32(33(39)23-5-7-25(8-6-23)38(42,43)44)30(22-9-13-37(40,41)14-10-22)31-27(47-34)17-36(2,3)18-28(31)49;1-35(2)17-27-30(28(49)18-35)29(22-9-13-37(40,41)14-10-22)31(32(39)23-5-7-25(8-6-23)38(42,43)44)33(47-27)24-11-15-48(16-12-24)34-45-19-26(20-46-34)51-21-36(3,4)50/h5-8,19-20,22,24,28,33,49H,4,9-18,21H2,1-3H3;5-8,19-20,22,24,28,32,49-50H,9-18,21H2,1-4H3. The molecule has 0 bridgehead atoms. The van der Waals surface area contributed by atoms with E-state index in [1.807, 2.05) is 37.5 Å². The molecule has 2 aromatic carbocycles. The van der Waals surface area contributed by atoms with Crippen LogP contribution in [-0.2, 0) is 34.7 Å². The van der Waals surface area contributed by atoms with Crippen LogP contribution >= 0.6 is 0 Å². The quantitative estimate of drug-likeness (QED) is 0.0577. The molecule has 4 aliphatic carbocycles. The Bertz CT molecular complexity index is 3900. The number of piperidine rings is 2. The average molecular weight is 1460 g/mol. The molecule has 2 saturated carbocycles. The molecule has 15 nitrogen and oxygen atoms in total. The molecule has 0 radical (unpaired) electrons. The molecule has 12 rings (SSSR count). The third-order valence-corrected chi connectivity index (χ3v) is 20.9. The number of aliphatic hydroxyl groups is 3. The van der Waals surface area contributed by atoms with Crippen molar-refractivity contribution in [1.82, 2.24) is 29.9 Å². The first-order chi connectivity index (χ1) is 48.3. The van der Waals surface area contributed by atoms with Gasteiger partial charge in [0, 0.05) is 97.3 Å². The molecule has 4 fully saturated rings. The van der Waals surface area contributed by atoms with Gasteiger partial charge < -0.3 is 39.3 Å². The van der Waals surface area contributed by atoms with Gasteiger partial charge in [-0.05, 0) is 167 Å². The van der Waals surface area contributed by atoms with Gasteiger partial charge >= 0.3 is 18.3 Å². The Morgan fingerprint density at radius 3 is 1.22 bits per heavy atom. The minimum Gasteiger partial charge on any atom is -0.487 e. The molecule has 560 valence electrons. The molecule has 6 aliphatic rings. The van der Waals surface area contributed by atoms with Crippen LogP contribution in [-0.4, -0.2) is 115 Å². The van der Waals surface area contributed by atoms with Crippen molar-refractivity contribution in [2.45, 2.75) is 229 Å². The molecule has 6 heterocycles. The maximum Gasteiger partial charge on any atom is 0.416 e. The van der Waals surface area contributed by atoms with E-state index in [2.05, 4.69) is 19.9 Å². The first kappa shape index (κ1) is 76.7. The topological polar surface area (TPSA) is 189 Å². The second-order valence-corrected chi connectivity index (χ2v) is 30.9. The Morgan fingerprint density at radius 2 is 0.893 bits per heavy atom. The normalized spacial score (nSPS) is 21.7. The Balaban J connectivity index is 0.000000207. The SMILES string of the molecule is CC(C)(O)COc1cnc(N2CCC(c3nc4c(c(C5CCC(F)(F)CC5)c3C(F)c3ccc(C(F)(F)F)cc3)C(O)CC(C)(C)C4)CC2)nc1.CCOC(=O)COc1cnc(N2CCC(c3nc4c(c(C5CCC(F)(F)CC5)c3C(F)c3ccc(C(F)(F)F)cc3)C(O)CC(C)(C)C4)CC2)nc1. The fourth-order valence-corrected chi connectivity index (χ4v) is 15.8. The maximum atomic E-state index is 17.2. The first-order valence-electron chi connectivity index (χ1n) is 35.5. The number of anilines is 2. The number of aromatic nitrogens is 6. The predicted octanol–water partition coefficient (Wildman–Crippen LogP) is 17.4. The zero-order valence-corrected chi connectivity index (χ0v) is 58.9. The van der Waals surface area contributed by atoms with Crippen LogP contribution in [0.2, 0.25) is 0 Å². The number of hydrogen-bond acceptors (Lipinski definition) is 15. The van der Waals surface area contributed by atoms with Gasteiger partial charge in [-0.1, -0.05) is 52.0 Å². The van der Waals surface area contributed by atoms with Crippen LogP contribution in [0.15, 0.2) is 73.3 Å². The van der Waals surface area contributed by atoms with Crippen LogP contribution in [0.1, 0.15) is 265 Å². The molecule has 0 amide bonds. The molecule has 4 atom stereocenters. The number of rotatable bonds is 17. The number of pyridine rings is 2. The van der Waals surface area contributed by atoms with Crippen LogP contribution in [0.25, 0.3) is 0 Å². The molecular formula is C76H90F12N8O7. The number of nitrogens with zero attached hydrogens (tertiary/aromatic N) is 8. The largest absolute Gasteiger partial charge is 0.487 e. The smallest absolute Gasteiger partial charge is 0.416 e. The maximum absolute atomic E-state index is 17.2. The van der Waals surface area contributed by atoms with Gasteiger partial charge in [0.1, 0.15) is 6.61 Å². The fraction of sp³-hybridized carbons (Fsp3) is 0.592. The Kier molecular flexibility index (Phi) is 22.5. The molecular weight excluding hydrogens is 1360 g/mol. The van der Waals surface area contributed by atoms with Crippen molar-refractivity contribution in [3.05, 3.63) is 152 Å². The van der Waals surface area contributed by atoms with Crippen molar-refractivity contribution >= 4 is 17.9 Å². The van der Waals surface area contributed by atoms with E-state index in [1.165, 1.54) is 24.8 Å². The highest BCUT2D eigenvalue weighted by molar-refractivity contribution is 5.71. The van der Waals surface area contributed by atoms with Gasteiger partial charge in [0.2, 0.25) is 23.7 Å². The highest BCUT2D eigenvalue weighted by Gasteiger charge is 2.47. The van der Waals surface area contributed by atoms with Gasteiger partial charge in [-0.15, -0.1) is 0 Å². The van der Waals surface area contributed by atoms with Crippen molar-refractivity contribution in [2.24, 2.45) is 10.8 Å². The predicted molar refractivity (Wildman–Crippen MR) is 360 cm³/mol. The minimum atomic E-state index is -4.61. The lowest BCUT2D eigenvalue weighted by atomic mass is 9.68. The number of carbonyl (C=O) groups excluding carboxylic acids is 1. The van der Waals surface area contributed by atoms with Crippen LogP contribution in [0.3, 0.4) is 0 Å². The number of halogens is 12. The zero-order valence-electron chi connectivity index (χ0n) is 58.9. The Labute approximate surface area is 591 Å². The van der Waals surface area contributed by atoms with E-state index in [4.69, 9.17) is 24.2 Å². The lowest BCUT2D eigenvalue weighted by Gasteiger charge is -2.41. The van der Waals surface area contributed by atoms with Crippen LogP contribution < -0.4 is 19.3 Å². The number of hydrogen-bond donors (Lipinski definition) is 3. The van der Waals surface area contributed by atoms with Gasteiger partial charge in [-0.3, -0.25) is 9.97 Å². The molecule has 103 heavy (non-hydrogen) atoms. The molecule has 6 aromatic rings. The van der Waals surface area contributed by atoms with Crippen molar-refractivity contribution < 1.29 is 87.0 Å². The number of ether oxygens (including phenoxy) is 3. The van der Waals surface area contributed by atoms with Gasteiger partial charge in [0.15, 0.2) is 30.4 Å². The summed E-state index contributed by atoms with van der Waals surface area (Å²) in [5.74, 6) is -6.07. The highest BCUT2D eigenvalue weighted by atomic mass is 19.4. The fourth-order valence-electron chi connectivity index (χ4n) is 15.8. The molecule has 2 aliphatic heterocycles. The van der Waals surface area contributed by atoms with Crippen molar-refractivity contribution in [3.8, 4) is 11.5 Å². The number of benzene rings is 2. The van der Waals surface area contributed by atoms with Gasteiger partial charge in [0.25, 0.3) is 0 Å². The number of fused-ring (bicyclic) bond motifs is 2. The number of esters is 1. The molecule has 27 heteroatoms. The third-order valence-electron chi connectivity index (χ3n) is 20.9. The van der Waals surface area contributed by atoms with Crippen molar-refractivity contribution in [3.63, 3.8) is 0 Å². The summed E-state index contributed by atoms with van der Waals surface area (Å²) in [5, 5.41) is 33.1. The lowest BCUT2D eigenvalue weighted by molar-refractivity contribution is -0.145. The van der Waals surface area contributed by atoms with Crippen molar-refractivity contribution in [2.75, 3.05) is 55.8 Å².